The van der Waals surface area contributed by atoms with Crippen LogP contribution in [0.5, 0.6) is 0 Å². The second-order valence-electron chi connectivity index (χ2n) is 3.55. The van der Waals surface area contributed by atoms with E-state index < -0.39 is 0 Å². The molecule has 0 radical (unpaired) electrons. The Bertz CT molecular complexity index is 147. The van der Waals surface area contributed by atoms with Crippen LogP contribution in [0.4, 0.5) is 0 Å². The molecule has 1 unspecified atom stereocenters. The van der Waals surface area contributed by atoms with Gasteiger partial charge in [-0.2, -0.15) is 0 Å². The highest BCUT2D eigenvalue weighted by Gasteiger charge is 2.10. The Labute approximate surface area is 77.1 Å². The highest BCUT2D eigenvalue weighted by atomic mass is 79.9. The van der Waals surface area contributed by atoms with Crippen LogP contribution in [0.2, 0.25) is 0 Å². The van der Waals surface area contributed by atoms with E-state index in [1.807, 2.05) is 34.6 Å². The molecule has 0 heterocycles. The zero-order valence-electron chi connectivity index (χ0n) is 7.81. The lowest BCUT2D eigenvalue weighted by Crippen LogP contribution is -2.17. The smallest absolute Gasteiger partial charge is 0.129 e. The van der Waals surface area contributed by atoms with Gasteiger partial charge in [0.25, 0.3) is 0 Å². The number of hydrogen-bond acceptors (Lipinski definition) is 2. The average molecular weight is 222 g/mol. The van der Waals surface area contributed by atoms with Crippen molar-refractivity contribution in [1.82, 2.24) is 0 Å². The molecule has 0 amide bonds. The van der Waals surface area contributed by atoms with E-state index in [9.17, 15) is 0 Å². The zero-order chi connectivity index (χ0) is 9.07. The predicted molar refractivity (Wildman–Crippen MR) is 52.3 cm³/mol. The van der Waals surface area contributed by atoms with E-state index in [0.29, 0.717) is 0 Å². The molecule has 0 saturated carbocycles. The second-order valence-corrected chi connectivity index (χ2v) is 4.93. The first-order valence-electron chi connectivity index (χ1n) is 3.69. The Balaban J connectivity index is 3.93. The number of hydrogen-bond donors (Lipinski definition) is 0. The van der Waals surface area contributed by atoms with Gasteiger partial charge in [-0.15, -0.1) is 0 Å². The third-order valence-corrected chi connectivity index (χ3v) is 1.70. The molecule has 0 fully saturated rings. The molecule has 0 bridgehead atoms. The van der Waals surface area contributed by atoms with Crippen molar-refractivity contribution in [2.75, 3.05) is 0 Å². The molecule has 0 aromatic rings. The molecule has 0 saturated heterocycles. The summed E-state index contributed by atoms with van der Waals surface area (Å²) in [5.74, 6) is 0. The molecule has 0 rings (SSSR count). The Morgan fingerprint density at radius 1 is 1.45 bits per heavy atom. The molecule has 2 nitrogen and oxygen atoms in total. The Hall–Kier alpha value is -0.0500. The zero-order valence-corrected chi connectivity index (χ0v) is 9.40. The monoisotopic (exact) mass is 221 g/mol. The lowest BCUT2D eigenvalue weighted by Gasteiger charge is -2.16. The highest BCUT2D eigenvalue weighted by Crippen LogP contribution is 2.09. The van der Waals surface area contributed by atoms with E-state index in [1.165, 1.54) is 0 Å². The number of rotatable bonds is 2. The normalized spacial score (nSPS) is 16.4. The van der Waals surface area contributed by atoms with Crippen molar-refractivity contribution in [2.45, 2.75) is 45.0 Å². The molecule has 0 aromatic carbocycles. The van der Waals surface area contributed by atoms with Gasteiger partial charge in [-0.05, 0) is 34.6 Å². The van der Waals surface area contributed by atoms with Crippen molar-refractivity contribution < 1.29 is 4.84 Å². The van der Waals surface area contributed by atoms with E-state index in [4.69, 9.17) is 4.84 Å². The summed E-state index contributed by atoms with van der Waals surface area (Å²) in [6.07, 6.45) is 0. The number of alkyl halides is 1. The van der Waals surface area contributed by atoms with Gasteiger partial charge in [-0.25, -0.2) is 0 Å². The van der Waals surface area contributed by atoms with Gasteiger partial charge >= 0.3 is 0 Å². The van der Waals surface area contributed by atoms with E-state index in [-0.39, 0.29) is 10.4 Å². The topological polar surface area (TPSA) is 21.6 Å². The second kappa shape index (κ2) is 4.10. The SMILES string of the molecule is CC(=NOC(C)(C)C)C(C)Br. The van der Waals surface area contributed by atoms with Crippen molar-refractivity contribution in [3.05, 3.63) is 0 Å². The summed E-state index contributed by atoms with van der Waals surface area (Å²) in [4.78, 5) is 5.49. The van der Waals surface area contributed by atoms with Crippen LogP contribution in [-0.2, 0) is 4.84 Å². The molecular formula is C8H16BrNO. The summed E-state index contributed by atoms with van der Waals surface area (Å²) in [6.45, 7) is 9.88. The van der Waals surface area contributed by atoms with E-state index in [1.54, 1.807) is 0 Å². The van der Waals surface area contributed by atoms with Gasteiger partial charge in [0.1, 0.15) is 5.60 Å². The van der Waals surface area contributed by atoms with Crippen LogP contribution in [-0.4, -0.2) is 16.1 Å². The summed E-state index contributed by atoms with van der Waals surface area (Å²) in [7, 11) is 0. The summed E-state index contributed by atoms with van der Waals surface area (Å²) in [5.41, 5.74) is 0.767. The van der Waals surface area contributed by atoms with Gasteiger partial charge < -0.3 is 4.84 Å². The lowest BCUT2D eigenvalue weighted by molar-refractivity contribution is 0.000592. The summed E-state index contributed by atoms with van der Waals surface area (Å²) < 4.78 is 0. The Kier molecular flexibility index (Phi) is 4.08. The van der Waals surface area contributed by atoms with Gasteiger partial charge in [0.05, 0.1) is 10.5 Å². The first-order valence-corrected chi connectivity index (χ1v) is 4.61. The minimum atomic E-state index is -0.191. The fourth-order valence-corrected chi connectivity index (χ4v) is 0.365. The van der Waals surface area contributed by atoms with Crippen molar-refractivity contribution in [2.24, 2.45) is 5.16 Å². The Morgan fingerprint density at radius 2 is 1.91 bits per heavy atom. The number of halogens is 1. The third kappa shape index (κ3) is 6.35. The molecule has 3 heteroatoms. The van der Waals surface area contributed by atoms with Crippen molar-refractivity contribution in [1.29, 1.82) is 0 Å². The Morgan fingerprint density at radius 3 is 2.18 bits per heavy atom. The molecule has 0 N–H and O–H groups in total. The van der Waals surface area contributed by atoms with Gasteiger partial charge in [-0.3, -0.25) is 0 Å². The van der Waals surface area contributed by atoms with Crippen LogP contribution in [0.25, 0.3) is 0 Å². The van der Waals surface area contributed by atoms with Gasteiger partial charge in [0, 0.05) is 0 Å². The van der Waals surface area contributed by atoms with Gasteiger partial charge in [-0.1, -0.05) is 21.1 Å². The maximum atomic E-state index is 5.21. The van der Waals surface area contributed by atoms with Crippen molar-refractivity contribution in [3.63, 3.8) is 0 Å². The van der Waals surface area contributed by atoms with E-state index in [2.05, 4.69) is 21.1 Å². The molecule has 0 aliphatic rings. The quantitative estimate of drug-likeness (QED) is 0.400. The molecule has 66 valence electrons. The number of nitrogens with zero attached hydrogens (tertiary/aromatic N) is 1. The molecule has 0 aliphatic carbocycles. The van der Waals surface area contributed by atoms with Crippen LogP contribution in [0.1, 0.15) is 34.6 Å². The molecule has 11 heavy (non-hydrogen) atoms. The lowest BCUT2D eigenvalue weighted by atomic mass is 10.2. The minimum Gasteiger partial charge on any atom is -0.390 e. The fraction of sp³-hybridized carbons (Fsp3) is 0.875. The minimum absolute atomic E-state index is 0.191. The van der Waals surface area contributed by atoms with Crippen LogP contribution in [0.3, 0.4) is 0 Å². The maximum absolute atomic E-state index is 5.21. The number of oxime groups is 1. The molecule has 0 aliphatic heterocycles. The average Bonchev–Trinajstić information content (AvgIpc) is 1.80. The highest BCUT2D eigenvalue weighted by molar-refractivity contribution is 9.10. The predicted octanol–water partition coefficient (Wildman–Crippen LogP) is 2.96. The van der Waals surface area contributed by atoms with Crippen LogP contribution < -0.4 is 0 Å². The van der Waals surface area contributed by atoms with Crippen LogP contribution in [0, 0.1) is 0 Å². The van der Waals surface area contributed by atoms with Gasteiger partial charge in [0.2, 0.25) is 0 Å². The summed E-state index contributed by atoms with van der Waals surface area (Å²) >= 11 is 3.40. The molecule has 0 aromatic heterocycles. The molecule has 0 spiro atoms. The molecule has 1 atom stereocenters. The van der Waals surface area contributed by atoms with E-state index in [0.717, 1.165) is 5.71 Å². The summed E-state index contributed by atoms with van der Waals surface area (Å²) in [5, 5.41) is 3.96. The van der Waals surface area contributed by atoms with E-state index >= 15 is 0 Å². The van der Waals surface area contributed by atoms with Crippen LogP contribution >= 0.6 is 15.9 Å². The first-order chi connectivity index (χ1) is 4.83. The summed E-state index contributed by atoms with van der Waals surface area (Å²) in [6, 6.07) is 0. The van der Waals surface area contributed by atoms with Crippen molar-refractivity contribution in [3.8, 4) is 0 Å². The third-order valence-electron chi connectivity index (χ3n) is 1.04. The molecular weight excluding hydrogens is 206 g/mol. The standard InChI is InChI=1S/C8H16BrNO/c1-6(9)7(2)10-11-8(3,4)5/h6H,1-5H3. The first kappa shape index (κ1) is 11.0. The maximum Gasteiger partial charge on any atom is 0.129 e. The van der Waals surface area contributed by atoms with Crippen molar-refractivity contribution >= 4 is 21.6 Å². The van der Waals surface area contributed by atoms with Crippen LogP contribution in [0.15, 0.2) is 5.16 Å². The largest absolute Gasteiger partial charge is 0.390 e. The van der Waals surface area contributed by atoms with Gasteiger partial charge in [0.15, 0.2) is 0 Å². The fourth-order valence-electron chi connectivity index (χ4n) is 0.282.